The maximum atomic E-state index is 12.9. The number of nitrogens with one attached hydrogen (secondary N) is 2. The Labute approximate surface area is 198 Å². The second-order valence-corrected chi connectivity index (χ2v) is 8.50. The van der Waals surface area contributed by atoms with E-state index in [0.29, 0.717) is 25.6 Å². The molecule has 0 unspecified atom stereocenters. The molecule has 2 aromatic carbocycles. The predicted octanol–water partition coefficient (Wildman–Crippen LogP) is 4.34. The van der Waals surface area contributed by atoms with E-state index in [9.17, 15) is 14.0 Å². The number of benzene rings is 2. The summed E-state index contributed by atoms with van der Waals surface area (Å²) in [4.78, 5) is 30.9. The number of hydrogen-bond acceptors (Lipinski definition) is 4. The standard InChI is InChI=1S/C26H29FN4O3/c27-22-8-6-20(7-9-22)17-34-18-24(32)28-14-10-19-11-15-31(16-12-19)26(33)30-23-5-1-3-21-4-2-13-29-25(21)23/h1-9,13,19H,10-12,14-18H2,(H,28,32)(H,30,33). The monoisotopic (exact) mass is 464 g/mol. The first-order valence-corrected chi connectivity index (χ1v) is 11.6. The van der Waals surface area contributed by atoms with Crippen LogP contribution in [-0.4, -0.2) is 48.1 Å². The molecule has 8 heteroatoms. The number of para-hydroxylation sites is 1. The van der Waals surface area contributed by atoms with Gasteiger partial charge in [0.25, 0.3) is 0 Å². The number of pyridine rings is 1. The van der Waals surface area contributed by atoms with Crippen molar-refractivity contribution in [3.8, 4) is 0 Å². The third kappa shape index (κ3) is 6.51. The van der Waals surface area contributed by atoms with Gasteiger partial charge in [0.1, 0.15) is 12.4 Å². The van der Waals surface area contributed by atoms with Crippen LogP contribution in [0.4, 0.5) is 14.9 Å². The summed E-state index contributed by atoms with van der Waals surface area (Å²) in [5.41, 5.74) is 2.32. The molecule has 3 aromatic rings. The average Bonchev–Trinajstić information content (AvgIpc) is 2.86. The highest BCUT2D eigenvalue weighted by Gasteiger charge is 2.23. The van der Waals surface area contributed by atoms with E-state index in [1.807, 2.05) is 35.2 Å². The van der Waals surface area contributed by atoms with E-state index in [1.165, 1.54) is 12.1 Å². The number of halogens is 1. The molecule has 1 saturated heterocycles. The van der Waals surface area contributed by atoms with Gasteiger partial charge in [0.2, 0.25) is 5.91 Å². The van der Waals surface area contributed by atoms with E-state index >= 15 is 0 Å². The van der Waals surface area contributed by atoms with Gasteiger partial charge in [-0.05, 0) is 55.0 Å². The molecule has 7 nitrogen and oxygen atoms in total. The Balaban J connectivity index is 1.12. The number of urea groups is 1. The topological polar surface area (TPSA) is 83.6 Å². The van der Waals surface area contributed by atoms with Crippen molar-refractivity contribution in [2.45, 2.75) is 25.9 Å². The predicted molar refractivity (Wildman–Crippen MR) is 129 cm³/mol. The Kier molecular flexibility index (Phi) is 8.04. The molecular weight excluding hydrogens is 435 g/mol. The first-order valence-electron chi connectivity index (χ1n) is 11.6. The highest BCUT2D eigenvalue weighted by atomic mass is 19.1. The lowest BCUT2D eigenvalue weighted by Gasteiger charge is -2.32. The van der Waals surface area contributed by atoms with E-state index in [-0.39, 0.29) is 31.0 Å². The molecular formula is C26H29FN4O3. The number of ether oxygens (including phenoxy) is 1. The van der Waals surface area contributed by atoms with Gasteiger partial charge >= 0.3 is 6.03 Å². The number of carbonyl (C=O) groups is 2. The van der Waals surface area contributed by atoms with Crippen molar-refractivity contribution in [3.63, 3.8) is 0 Å². The molecule has 0 spiro atoms. The molecule has 2 N–H and O–H groups in total. The quantitative estimate of drug-likeness (QED) is 0.520. The van der Waals surface area contributed by atoms with E-state index in [4.69, 9.17) is 4.74 Å². The van der Waals surface area contributed by atoms with Gasteiger partial charge in [-0.2, -0.15) is 0 Å². The van der Waals surface area contributed by atoms with Crippen LogP contribution in [-0.2, 0) is 16.1 Å². The third-order valence-electron chi connectivity index (χ3n) is 6.07. The van der Waals surface area contributed by atoms with Crippen molar-refractivity contribution < 1.29 is 18.7 Å². The van der Waals surface area contributed by atoms with Gasteiger partial charge < -0.3 is 20.3 Å². The third-order valence-corrected chi connectivity index (χ3v) is 6.07. The highest BCUT2D eigenvalue weighted by Crippen LogP contribution is 2.23. The van der Waals surface area contributed by atoms with Crippen molar-refractivity contribution in [1.29, 1.82) is 0 Å². The van der Waals surface area contributed by atoms with Crippen LogP contribution in [0.5, 0.6) is 0 Å². The molecule has 1 fully saturated rings. The minimum atomic E-state index is -0.296. The summed E-state index contributed by atoms with van der Waals surface area (Å²) in [5.74, 6) is 0.00130. The lowest BCUT2D eigenvalue weighted by atomic mass is 9.94. The SMILES string of the molecule is O=C(COCc1ccc(F)cc1)NCCC1CCN(C(=O)Nc2cccc3cccnc23)CC1. The number of anilines is 1. The second kappa shape index (κ2) is 11.6. The maximum Gasteiger partial charge on any atom is 0.321 e. The van der Waals surface area contributed by atoms with Gasteiger partial charge in [-0.3, -0.25) is 9.78 Å². The summed E-state index contributed by atoms with van der Waals surface area (Å²) in [6.07, 6.45) is 4.39. The fraction of sp³-hybridized carbons (Fsp3) is 0.346. The van der Waals surface area contributed by atoms with E-state index in [1.54, 1.807) is 18.3 Å². The van der Waals surface area contributed by atoms with E-state index in [0.717, 1.165) is 41.4 Å². The summed E-state index contributed by atoms with van der Waals surface area (Å²) in [5, 5.41) is 6.87. The Hall–Kier alpha value is -3.52. The van der Waals surface area contributed by atoms with Crippen molar-refractivity contribution in [1.82, 2.24) is 15.2 Å². The Bertz CT molecular complexity index is 1110. The molecule has 0 atom stereocenters. The number of piperidine rings is 1. The number of aromatic nitrogens is 1. The minimum Gasteiger partial charge on any atom is -0.367 e. The highest BCUT2D eigenvalue weighted by molar-refractivity contribution is 5.99. The first-order chi connectivity index (χ1) is 16.6. The number of nitrogens with zero attached hydrogens (tertiary/aromatic N) is 2. The van der Waals surface area contributed by atoms with Gasteiger partial charge in [0.15, 0.2) is 0 Å². The smallest absolute Gasteiger partial charge is 0.321 e. The zero-order chi connectivity index (χ0) is 23.8. The zero-order valence-corrected chi connectivity index (χ0v) is 19.0. The Morgan fingerprint density at radius 3 is 2.62 bits per heavy atom. The van der Waals surface area contributed by atoms with Crippen molar-refractivity contribution in [2.75, 3.05) is 31.6 Å². The molecule has 2 heterocycles. The van der Waals surface area contributed by atoms with E-state index < -0.39 is 0 Å². The molecule has 0 saturated carbocycles. The van der Waals surface area contributed by atoms with Crippen LogP contribution in [0.2, 0.25) is 0 Å². The fourth-order valence-electron chi connectivity index (χ4n) is 4.13. The summed E-state index contributed by atoms with van der Waals surface area (Å²) in [6.45, 7) is 2.19. The number of hydrogen-bond donors (Lipinski definition) is 2. The number of carbonyl (C=O) groups excluding carboxylic acids is 2. The van der Waals surface area contributed by atoms with Crippen LogP contribution >= 0.6 is 0 Å². The lowest BCUT2D eigenvalue weighted by molar-refractivity contribution is -0.126. The van der Waals surface area contributed by atoms with Gasteiger partial charge in [-0.1, -0.05) is 30.3 Å². The minimum absolute atomic E-state index is 0.0288. The van der Waals surface area contributed by atoms with Crippen LogP contribution in [0, 0.1) is 11.7 Å². The molecule has 178 valence electrons. The van der Waals surface area contributed by atoms with Gasteiger partial charge in [0.05, 0.1) is 17.8 Å². The van der Waals surface area contributed by atoms with Crippen LogP contribution in [0.1, 0.15) is 24.8 Å². The summed E-state index contributed by atoms with van der Waals surface area (Å²) in [7, 11) is 0. The average molecular weight is 465 g/mol. The van der Waals surface area contributed by atoms with Crippen LogP contribution < -0.4 is 10.6 Å². The van der Waals surface area contributed by atoms with Crippen LogP contribution in [0.3, 0.4) is 0 Å². The van der Waals surface area contributed by atoms with E-state index in [2.05, 4.69) is 15.6 Å². The Morgan fingerprint density at radius 1 is 1.06 bits per heavy atom. The molecule has 3 amide bonds. The molecule has 4 rings (SSSR count). The van der Waals surface area contributed by atoms with Crippen molar-refractivity contribution in [3.05, 3.63) is 72.2 Å². The van der Waals surface area contributed by atoms with Crippen LogP contribution in [0.15, 0.2) is 60.8 Å². The summed E-state index contributed by atoms with van der Waals surface area (Å²) in [6, 6.07) is 15.5. The van der Waals surface area contributed by atoms with Crippen LogP contribution in [0.25, 0.3) is 10.9 Å². The Morgan fingerprint density at radius 2 is 1.82 bits per heavy atom. The molecule has 0 aliphatic carbocycles. The van der Waals surface area contributed by atoms with Gasteiger partial charge in [-0.25, -0.2) is 9.18 Å². The number of likely N-dealkylation sites (tertiary alicyclic amines) is 1. The first kappa shape index (κ1) is 23.6. The fourth-order valence-corrected chi connectivity index (χ4v) is 4.13. The zero-order valence-electron chi connectivity index (χ0n) is 19.0. The number of fused-ring (bicyclic) bond motifs is 1. The summed E-state index contributed by atoms with van der Waals surface area (Å²) >= 11 is 0. The maximum absolute atomic E-state index is 12.9. The summed E-state index contributed by atoms with van der Waals surface area (Å²) < 4.78 is 18.3. The molecule has 0 bridgehead atoms. The largest absolute Gasteiger partial charge is 0.367 e. The van der Waals surface area contributed by atoms with Gasteiger partial charge in [0, 0.05) is 31.2 Å². The van der Waals surface area contributed by atoms with Gasteiger partial charge in [-0.15, -0.1) is 0 Å². The normalized spacial score (nSPS) is 14.2. The number of rotatable bonds is 8. The molecule has 1 aromatic heterocycles. The molecule has 1 aliphatic rings. The lowest BCUT2D eigenvalue weighted by Crippen LogP contribution is -2.41. The molecule has 1 aliphatic heterocycles. The second-order valence-electron chi connectivity index (χ2n) is 8.50. The van der Waals surface area contributed by atoms with Crippen molar-refractivity contribution in [2.24, 2.45) is 5.92 Å². The molecule has 0 radical (unpaired) electrons. The molecule has 34 heavy (non-hydrogen) atoms. The van der Waals surface area contributed by atoms with Crippen molar-refractivity contribution >= 4 is 28.5 Å². The number of amides is 3.